The summed E-state index contributed by atoms with van der Waals surface area (Å²) in [5.41, 5.74) is 4.83. The van der Waals surface area contributed by atoms with Crippen molar-refractivity contribution in [1.82, 2.24) is 0 Å². The summed E-state index contributed by atoms with van der Waals surface area (Å²) in [6.45, 7) is 6.19. The molecule has 3 unspecified atom stereocenters. The van der Waals surface area contributed by atoms with Crippen LogP contribution in [0.3, 0.4) is 0 Å². The molecular weight excluding hydrogens is 158 g/mol. The van der Waals surface area contributed by atoms with Crippen molar-refractivity contribution in [2.45, 2.75) is 45.4 Å². The van der Waals surface area contributed by atoms with E-state index in [0.29, 0.717) is 0 Å². The predicted octanol–water partition coefficient (Wildman–Crippen LogP) is 0.0362. The summed E-state index contributed by atoms with van der Waals surface area (Å²) in [5, 5.41) is 9.25. The average Bonchev–Trinajstić information content (AvgIpc) is 1.85. The van der Waals surface area contributed by atoms with Crippen LogP contribution in [0.1, 0.15) is 27.7 Å². The van der Waals surface area contributed by atoms with E-state index in [-0.39, 0.29) is 5.97 Å². The molecule has 0 fully saturated rings. The van der Waals surface area contributed by atoms with Gasteiger partial charge in [-0.1, -0.05) is 0 Å². The van der Waals surface area contributed by atoms with Crippen molar-refractivity contribution >= 4 is 5.97 Å². The number of carbonyl (C=O) groups is 1. The summed E-state index contributed by atoms with van der Waals surface area (Å²) in [6, 6.07) is 0. The van der Waals surface area contributed by atoms with Gasteiger partial charge in [-0.15, -0.1) is 0 Å². The molecule has 0 amide bonds. The maximum atomic E-state index is 10.6. The summed E-state index contributed by atoms with van der Waals surface area (Å²) in [7, 11) is 0. The molecule has 4 heteroatoms. The molecule has 0 aliphatic carbocycles. The number of hydrogen-bond acceptors (Lipinski definition) is 4. The van der Waals surface area contributed by atoms with Crippen LogP contribution < -0.4 is 5.73 Å². The zero-order valence-electron chi connectivity index (χ0n) is 8.00. The van der Waals surface area contributed by atoms with Crippen LogP contribution in [-0.4, -0.2) is 28.8 Å². The number of aliphatic hydroxyl groups is 1. The molecule has 0 rings (SSSR count). The molecule has 0 aliphatic rings. The highest BCUT2D eigenvalue weighted by Crippen LogP contribution is 2.14. The normalized spacial score (nSPS) is 20.8. The summed E-state index contributed by atoms with van der Waals surface area (Å²) in [6.07, 6.45) is -1.21. The smallest absolute Gasteiger partial charge is 0.302 e. The van der Waals surface area contributed by atoms with Crippen LogP contribution in [0.4, 0.5) is 0 Å². The molecule has 0 aromatic rings. The van der Waals surface area contributed by atoms with Gasteiger partial charge in [0.25, 0.3) is 0 Å². The Hall–Kier alpha value is -0.610. The Morgan fingerprint density at radius 2 is 2.00 bits per heavy atom. The first-order valence-corrected chi connectivity index (χ1v) is 3.92. The minimum atomic E-state index is -0.897. The number of rotatable bonds is 3. The van der Waals surface area contributed by atoms with Gasteiger partial charge in [-0.25, -0.2) is 0 Å². The first kappa shape index (κ1) is 11.4. The Labute approximate surface area is 72.7 Å². The number of ether oxygens (including phenoxy) is 1. The van der Waals surface area contributed by atoms with Crippen molar-refractivity contribution in [3.05, 3.63) is 0 Å². The maximum absolute atomic E-state index is 10.6. The van der Waals surface area contributed by atoms with Crippen molar-refractivity contribution in [2.75, 3.05) is 0 Å². The van der Waals surface area contributed by atoms with E-state index < -0.39 is 17.7 Å². The fraction of sp³-hybridized carbons (Fsp3) is 0.875. The van der Waals surface area contributed by atoms with Crippen molar-refractivity contribution in [3.8, 4) is 0 Å². The van der Waals surface area contributed by atoms with Gasteiger partial charge < -0.3 is 15.6 Å². The molecule has 0 bridgehead atoms. The SMILES string of the molecule is CC(=O)OC(C)C(C)(N)C(C)O. The third-order valence-electron chi connectivity index (χ3n) is 2.12. The molecule has 0 aromatic heterocycles. The molecule has 0 saturated heterocycles. The Kier molecular flexibility index (Phi) is 3.67. The molecule has 3 atom stereocenters. The molecule has 0 aromatic carbocycles. The molecule has 12 heavy (non-hydrogen) atoms. The summed E-state index contributed by atoms with van der Waals surface area (Å²) >= 11 is 0. The van der Waals surface area contributed by atoms with E-state index in [1.165, 1.54) is 6.92 Å². The second-order valence-corrected chi connectivity index (χ2v) is 3.29. The van der Waals surface area contributed by atoms with E-state index in [0.717, 1.165) is 0 Å². The molecule has 0 spiro atoms. The van der Waals surface area contributed by atoms with E-state index in [4.69, 9.17) is 10.5 Å². The number of esters is 1. The lowest BCUT2D eigenvalue weighted by Gasteiger charge is -2.33. The number of nitrogens with two attached hydrogens (primary N) is 1. The minimum Gasteiger partial charge on any atom is -0.461 e. The average molecular weight is 175 g/mol. The number of hydrogen-bond donors (Lipinski definition) is 2. The standard InChI is InChI=1S/C8H17NO3/c1-5(10)8(4,9)6(2)12-7(3)11/h5-6,10H,9H2,1-4H3. The topological polar surface area (TPSA) is 72.5 Å². The van der Waals surface area contributed by atoms with Crippen LogP contribution in [0, 0.1) is 0 Å². The maximum Gasteiger partial charge on any atom is 0.302 e. The van der Waals surface area contributed by atoms with Gasteiger partial charge in [-0.3, -0.25) is 4.79 Å². The lowest BCUT2D eigenvalue weighted by molar-refractivity contribution is -0.150. The monoisotopic (exact) mass is 175 g/mol. The Morgan fingerprint density at radius 1 is 1.58 bits per heavy atom. The third kappa shape index (κ3) is 2.79. The van der Waals surface area contributed by atoms with E-state index in [9.17, 15) is 9.90 Å². The number of carbonyl (C=O) groups excluding carboxylic acids is 1. The van der Waals surface area contributed by atoms with Crippen LogP contribution in [0.5, 0.6) is 0 Å². The van der Waals surface area contributed by atoms with Crippen LogP contribution in [0.25, 0.3) is 0 Å². The van der Waals surface area contributed by atoms with E-state index >= 15 is 0 Å². The predicted molar refractivity (Wildman–Crippen MR) is 45.5 cm³/mol. The highest BCUT2D eigenvalue weighted by Gasteiger charge is 2.33. The van der Waals surface area contributed by atoms with E-state index in [1.54, 1.807) is 20.8 Å². The lowest BCUT2D eigenvalue weighted by atomic mass is 9.91. The number of aliphatic hydroxyl groups excluding tert-OH is 1. The second-order valence-electron chi connectivity index (χ2n) is 3.29. The van der Waals surface area contributed by atoms with Gasteiger partial charge in [-0.05, 0) is 20.8 Å². The van der Waals surface area contributed by atoms with E-state index in [2.05, 4.69) is 0 Å². The van der Waals surface area contributed by atoms with Crippen LogP contribution in [-0.2, 0) is 9.53 Å². The minimum absolute atomic E-state index is 0.389. The third-order valence-corrected chi connectivity index (χ3v) is 2.12. The van der Waals surface area contributed by atoms with Gasteiger partial charge in [0.15, 0.2) is 0 Å². The Bertz CT molecular complexity index is 166. The quantitative estimate of drug-likeness (QED) is 0.594. The molecule has 0 heterocycles. The van der Waals surface area contributed by atoms with Gasteiger partial charge in [-0.2, -0.15) is 0 Å². The lowest BCUT2D eigenvalue weighted by Crippen LogP contribution is -2.56. The highest BCUT2D eigenvalue weighted by atomic mass is 16.5. The Balaban J connectivity index is 4.24. The highest BCUT2D eigenvalue weighted by molar-refractivity contribution is 5.66. The van der Waals surface area contributed by atoms with Gasteiger partial charge in [0, 0.05) is 6.92 Å². The van der Waals surface area contributed by atoms with Crippen LogP contribution in [0.2, 0.25) is 0 Å². The zero-order valence-corrected chi connectivity index (χ0v) is 8.00. The molecule has 0 aliphatic heterocycles. The van der Waals surface area contributed by atoms with Crippen LogP contribution in [0.15, 0.2) is 0 Å². The fourth-order valence-corrected chi connectivity index (χ4v) is 0.716. The molecule has 0 radical (unpaired) electrons. The fourth-order valence-electron chi connectivity index (χ4n) is 0.716. The van der Waals surface area contributed by atoms with Gasteiger partial charge >= 0.3 is 5.97 Å². The van der Waals surface area contributed by atoms with Gasteiger partial charge in [0.05, 0.1) is 11.6 Å². The first-order valence-electron chi connectivity index (χ1n) is 3.92. The molecule has 3 N–H and O–H groups in total. The van der Waals surface area contributed by atoms with Gasteiger partial charge in [0.2, 0.25) is 0 Å². The summed E-state index contributed by atoms with van der Waals surface area (Å²) < 4.78 is 4.85. The zero-order chi connectivity index (χ0) is 9.94. The molecule has 0 saturated carbocycles. The van der Waals surface area contributed by atoms with Gasteiger partial charge in [0.1, 0.15) is 6.10 Å². The second kappa shape index (κ2) is 3.87. The van der Waals surface area contributed by atoms with Crippen molar-refractivity contribution in [2.24, 2.45) is 5.73 Å². The first-order chi connectivity index (χ1) is 5.28. The molecule has 72 valence electrons. The van der Waals surface area contributed by atoms with Crippen molar-refractivity contribution in [1.29, 1.82) is 0 Å². The summed E-state index contributed by atoms with van der Waals surface area (Å²) in [5.74, 6) is -0.389. The van der Waals surface area contributed by atoms with Crippen molar-refractivity contribution < 1.29 is 14.6 Å². The summed E-state index contributed by atoms with van der Waals surface area (Å²) in [4.78, 5) is 10.6. The Morgan fingerprint density at radius 3 is 2.25 bits per heavy atom. The van der Waals surface area contributed by atoms with Crippen LogP contribution >= 0.6 is 0 Å². The van der Waals surface area contributed by atoms with E-state index in [1.807, 2.05) is 0 Å². The van der Waals surface area contributed by atoms with Crippen molar-refractivity contribution in [3.63, 3.8) is 0 Å². The molecule has 4 nitrogen and oxygen atoms in total. The largest absolute Gasteiger partial charge is 0.461 e. The molecular formula is C8H17NO3.